The number of rotatable bonds is 10. The third-order valence-electron chi connectivity index (χ3n) is 4.24. The molecule has 0 bridgehead atoms. The van der Waals surface area contributed by atoms with Crippen LogP contribution in [0.4, 0.5) is 0 Å². The van der Waals surface area contributed by atoms with Crippen LogP contribution < -0.4 is 10.1 Å². The lowest BCUT2D eigenvalue weighted by Crippen LogP contribution is -2.19. The zero-order valence-corrected chi connectivity index (χ0v) is 17.1. The first kappa shape index (κ1) is 20.0. The van der Waals surface area contributed by atoms with Gasteiger partial charge < -0.3 is 10.1 Å². The van der Waals surface area contributed by atoms with Crippen molar-refractivity contribution in [3.05, 3.63) is 58.9 Å². The van der Waals surface area contributed by atoms with E-state index in [9.17, 15) is 4.79 Å². The first-order chi connectivity index (χ1) is 13.3. The molecule has 0 saturated carbocycles. The molecule has 1 N–H and O–H groups in total. The summed E-state index contributed by atoms with van der Waals surface area (Å²) in [5.41, 5.74) is 0. The first-order valence-electron chi connectivity index (χ1n) is 9.34. The van der Waals surface area contributed by atoms with E-state index >= 15 is 0 Å². The number of hydrogen-bond acceptors (Lipinski definition) is 5. The van der Waals surface area contributed by atoms with Crippen LogP contribution in [0.1, 0.15) is 24.1 Å². The predicted octanol–water partition coefficient (Wildman–Crippen LogP) is 4.54. The van der Waals surface area contributed by atoms with Crippen molar-refractivity contribution in [3.8, 4) is 5.75 Å². The van der Waals surface area contributed by atoms with Crippen LogP contribution in [0.5, 0.6) is 5.75 Å². The number of thiophene rings is 1. The summed E-state index contributed by atoms with van der Waals surface area (Å²) < 4.78 is 5.79. The Kier molecular flexibility index (Phi) is 8.27. The third kappa shape index (κ3) is 7.40. The normalized spacial score (nSPS) is 14.7. The van der Waals surface area contributed by atoms with Gasteiger partial charge in [-0.25, -0.2) is 0 Å². The Morgan fingerprint density at radius 3 is 2.89 bits per heavy atom. The lowest BCUT2D eigenvalue weighted by Gasteiger charge is -2.12. The smallest absolute Gasteiger partial charge is 0.234 e. The Bertz CT molecular complexity index is 725. The van der Waals surface area contributed by atoms with Gasteiger partial charge in [0.1, 0.15) is 5.75 Å². The standard InChI is InChI=1S/C21H26N2O2S2/c24-21(17-27-19-8-2-1-3-9-19)22-10-4-7-13-25-18-14-20(26-16-18)15-23-11-5-6-12-23/h1-4,8-10,14,16H,5-7,11-13,15,17H2,(H,22,24)/b10-4-. The van der Waals surface area contributed by atoms with E-state index in [1.165, 1.54) is 42.6 Å². The summed E-state index contributed by atoms with van der Waals surface area (Å²) in [6.07, 6.45) is 7.06. The van der Waals surface area contributed by atoms with E-state index in [0.29, 0.717) is 12.4 Å². The molecule has 1 aliphatic heterocycles. The van der Waals surface area contributed by atoms with E-state index < -0.39 is 0 Å². The molecular formula is C21H26N2O2S2. The third-order valence-corrected chi connectivity index (χ3v) is 6.15. The molecule has 0 unspecified atom stereocenters. The van der Waals surface area contributed by atoms with Gasteiger partial charge in [0.2, 0.25) is 5.91 Å². The Hall–Kier alpha value is -1.76. The van der Waals surface area contributed by atoms with Crippen molar-refractivity contribution < 1.29 is 9.53 Å². The van der Waals surface area contributed by atoms with Gasteiger partial charge in [-0.1, -0.05) is 24.3 Å². The second-order valence-electron chi connectivity index (χ2n) is 6.44. The predicted molar refractivity (Wildman–Crippen MR) is 113 cm³/mol. The minimum absolute atomic E-state index is 0.00501. The van der Waals surface area contributed by atoms with E-state index in [1.807, 2.05) is 36.4 Å². The molecule has 1 amide bonds. The van der Waals surface area contributed by atoms with Crippen LogP contribution in [-0.2, 0) is 11.3 Å². The van der Waals surface area contributed by atoms with Crippen molar-refractivity contribution >= 4 is 29.0 Å². The van der Waals surface area contributed by atoms with Crippen LogP contribution in [-0.4, -0.2) is 36.3 Å². The van der Waals surface area contributed by atoms with Crippen LogP contribution >= 0.6 is 23.1 Å². The quantitative estimate of drug-likeness (QED) is 0.468. The maximum absolute atomic E-state index is 11.8. The zero-order chi connectivity index (χ0) is 18.7. The van der Waals surface area contributed by atoms with Crippen molar-refractivity contribution in [2.24, 2.45) is 0 Å². The molecule has 2 aromatic rings. The number of likely N-dealkylation sites (tertiary alicyclic amines) is 1. The Morgan fingerprint density at radius 2 is 2.07 bits per heavy atom. The van der Waals surface area contributed by atoms with Gasteiger partial charge in [-0.15, -0.1) is 23.1 Å². The van der Waals surface area contributed by atoms with Crippen molar-refractivity contribution in [2.75, 3.05) is 25.4 Å². The molecule has 6 heteroatoms. The average Bonchev–Trinajstić information content (AvgIpc) is 3.36. The van der Waals surface area contributed by atoms with Crippen LogP contribution in [0.2, 0.25) is 0 Å². The summed E-state index contributed by atoms with van der Waals surface area (Å²) >= 11 is 3.30. The van der Waals surface area contributed by atoms with Crippen LogP contribution in [0.3, 0.4) is 0 Å². The van der Waals surface area contributed by atoms with Crippen LogP contribution in [0, 0.1) is 0 Å². The van der Waals surface area contributed by atoms with Gasteiger partial charge in [0.15, 0.2) is 0 Å². The highest BCUT2D eigenvalue weighted by Crippen LogP contribution is 2.24. The van der Waals surface area contributed by atoms with Gasteiger partial charge in [0, 0.05) is 28.1 Å². The number of carbonyl (C=O) groups is 1. The minimum Gasteiger partial charge on any atom is -0.492 e. The number of nitrogens with zero attached hydrogens (tertiary/aromatic N) is 1. The molecule has 144 valence electrons. The van der Waals surface area contributed by atoms with Crippen molar-refractivity contribution in [1.29, 1.82) is 0 Å². The molecule has 1 aromatic carbocycles. The highest BCUT2D eigenvalue weighted by atomic mass is 32.2. The number of amides is 1. The van der Waals surface area contributed by atoms with E-state index in [4.69, 9.17) is 4.74 Å². The number of nitrogens with one attached hydrogen (secondary N) is 1. The number of benzene rings is 1. The molecule has 1 fully saturated rings. The summed E-state index contributed by atoms with van der Waals surface area (Å²) in [6, 6.07) is 12.1. The summed E-state index contributed by atoms with van der Waals surface area (Å²) in [5.74, 6) is 1.37. The average molecular weight is 403 g/mol. The first-order valence-corrected chi connectivity index (χ1v) is 11.2. The second kappa shape index (κ2) is 11.2. The Balaban J connectivity index is 1.26. The molecule has 1 saturated heterocycles. The minimum atomic E-state index is 0.00501. The van der Waals surface area contributed by atoms with E-state index in [0.717, 1.165) is 23.6 Å². The van der Waals surface area contributed by atoms with Crippen LogP contribution in [0.15, 0.2) is 58.9 Å². The summed E-state index contributed by atoms with van der Waals surface area (Å²) in [7, 11) is 0. The van der Waals surface area contributed by atoms with E-state index in [-0.39, 0.29) is 5.91 Å². The molecule has 27 heavy (non-hydrogen) atoms. The topological polar surface area (TPSA) is 41.6 Å². The molecule has 3 rings (SSSR count). The molecule has 1 aliphatic rings. The fourth-order valence-corrected chi connectivity index (χ4v) is 4.44. The largest absolute Gasteiger partial charge is 0.492 e. The lowest BCUT2D eigenvalue weighted by molar-refractivity contribution is -0.117. The summed E-state index contributed by atoms with van der Waals surface area (Å²) in [6.45, 7) is 4.09. The van der Waals surface area contributed by atoms with E-state index in [2.05, 4.69) is 21.7 Å². The van der Waals surface area contributed by atoms with Gasteiger partial charge in [-0.3, -0.25) is 9.69 Å². The van der Waals surface area contributed by atoms with Crippen molar-refractivity contribution in [2.45, 2.75) is 30.7 Å². The van der Waals surface area contributed by atoms with Crippen molar-refractivity contribution in [3.63, 3.8) is 0 Å². The highest BCUT2D eigenvalue weighted by Gasteiger charge is 2.12. The fraction of sp³-hybridized carbons (Fsp3) is 0.381. The van der Waals surface area contributed by atoms with E-state index in [1.54, 1.807) is 17.5 Å². The molecule has 0 aliphatic carbocycles. The maximum atomic E-state index is 11.8. The summed E-state index contributed by atoms with van der Waals surface area (Å²) in [4.78, 5) is 16.8. The molecule has 1 aromatic heterocycles. The van der Waals surface area contributed by atoms with Crippen LogP contribution in [0.25, 0.3) is 0 Å². The molecule has 0 spiro atoms. The monoisotopic (exact) mass is 402 g/mol. The SMILES string of the molecule is O=C(CSc1ccccc1)N/C=C\CCOc1csc(CN2CCCC2)c1. The number of ether oxygens (including phenoxy) is 1. The second-order valence-corrected chi connectivity index (χ2v) is 8.49. The Labute approximate surface area is 169 Å². The van der Waals surface area contributed by atoms with Gasteiger partial charge in [0.05, 0.1) is 12.4 Å². The fourth-order valence-electron chi connectivity index (χ4n) is 2.87. The number of thioether (sulfide) groups is 1. The molecule has 0 radical (unpaired) electrons. The van der Waals surface area contributed by atoms with Crippen molar-refractivity contribution in [1.82, 2.24) is 10.2 Å². The molecule has 2 heterocycles. The number of carbonyl (C=O) groups excluding carboxylic acids is 1. The molecular weight excluding hydrogens is 376 g/mol. The Morgan fingerprint density at radius 1 is 1.26 bits per heavy atom. The highest BCUT2D eigenvalue weighted by molar-refractivity contribution is 8.00. The van der Waals surface area contributed by atoms with Gasteiger partial charge in [-0.2, -0.15) is 0 Å². The maximum Gasteiger partial charge on any atom is 0.234 e. The molecule has 0 atom stereocenters. The number of hydrogen-bond donors (Lipinski definition) is 1. The summed E-state index contributed by atoms with van der Waals surface area (Å²) in [5, 5.41) is 4.88. The zero-order valence-electron chi connectivity index (χ0n) is 15.4. The lowest BCUT2D eigenvalue weighted by atomic mass is 10.4. The van der Waals surface area contributed by atoms with Gasteiger partial charge in [0.25, 0.3) is 0 Å². The van der Waals surface area contributed by atoms with Gasteiger partial charge in [-0.05, 0) is 50.3 Å². The van der Waals surface area contributed by atoms with Gasteiger partial charge >= 0.3 is 0 Å². The molecule has 4 nitrogen and oxygen atoms in total.